The lowest BCUT2D eigenvalue weighted by atomic mass is 10.0. The van der Waals surface area contributed by atoms with E-state index in [1.54, 1.807) is 4.90 Å². The summed E-state index contributed by atoms with van der Waals surface area (Å²) in [5, 5.41) is 2.80. The van der Waals surface area contributed by atoms with Crippen LogP contribution in [0.3, 0.4) is 0 Å². The lowest BCUT2D eigenvalue weighted by Gasteiger charge is -2.34. The number of carbonyl (C=O) groups excluding carboxylic acids is 2. The average Bonchev–Trinajstić information content (AvgIpc) is 2.50. The van der Waals surface area contributed by atoms with Gasteiger partial charge in [-0.3, -0.25) is 9.59 Å². The van der Waals surface area contributed by atoms with Crippen LogP contribution in [0.5, 0.6) is 0 Å². The Hall–Kier alpha value is -1.11. The van der Waals surface area contributed by atoms with Crippen molar-refractivity contribution in [2.75, 3.05) is 18.1 Å². The Kier molecular flexibility index (Phi) is 4.91. The Balaban J connectivity index is 2.10. The fraction of sp³-hybridized carbons (Fsp3) is 0.857. The minimum Gasteiger partial charge on any atom is -0.344 e. The fourth-order valence-corrected chi connectivity index (χ4v) is 4.51. The Morgan fingerprint density at radius 1 is 1.24 bits per heavy atom. The van der Waals surface area contributed by atoms with E-state index in [0.717, 1.165) is 0 Å². The second kappa shape index (κ2) is 6.34. The molecule has 2 aliphatic rings. The quantitative estimate of drug-likeness (QED) is 0.813. The van der Waals surface area contributed by atoms with Crippen molar-refractivity contribution >= 4 is 21.7 Å². The minimum atomic E-state index is -2.94. The topological polar surface area (TPSA) is 83.6 Å². The predicted molar refractivity (Wildman–Crippen MR) is 79.4 cm³/mol. The molecule has 2 amide bonds. The van der Waals surface area contributed by atoms with Crippen molar-refractivity contribution in [3.05, 3.63) is 0 Å². The van der Waals surface area contributed by atoms with Gasteiger partial charge in [-0.1, -0.05) is 13.8 Å². The van der Waals surface area contributed by atoms with Gasteiger partial charge in [0.1, 0.15) is 15.9 Å². The molecule has 7 heteroatoms. The monoisotopic (exact) mass is 316 g/mol. The number of hydrogen-bond acceptors (Lipinski definition) is 4. The molecular formula is C14H24N2O4S. The van der Waals surface area contributed by atoms with Crippen LogP contribution in [-0.4, -0.2) is 55.3 Å². The highest BCUT2D eigenvalue weighted by Crippen LogP contribution is 2.22. The normalized spacial score (nSPS) is 27.6. The largest absolute Gasteiger partial charge is 0.344 e. The van der Waals surface area contributed by atoms with Crippen LogP contribution >= 0.6 is 0 Å². The van der Waals surface area contributed by atoms with Crippen molar-refractivity contribution in [3.8, 4) is 0 Å². The van der Waals surface area contributed by atoms with E-state index in [1.165, 1.54) is 0 Å². The van der Waals surface area contributed by atoms with Crippen LogP contribution in [0.2, 0.25) is 0 Å². The lowest BCUT2D eigenvalue weighted by Crippen LogP contribution is -2.50. The van der Waals surface area contributed by atoms with Gasteiger partial charge in [-0.25, -0.2) is 8.42 Å². The summed E-state index contributed by atoms with van der Waals surface area (Å²) >= 11 is 0. The van der Waals surface area contributed by atoms with Crippen molar-refractivity contribution in [2.45, 2.75) is 51.6 Å². The Morgan fingerprint density at radius 2 is 1.86 bits per heavy atom. The van der Waals surface area contributed by atoms with Crippen molar-refractivity contribution in [1.82, 2.24) is 10.2 Å². The van der Waals surface area contributed by atoms with E-state index in [9.17, 15) is 18.0 Å². The molecule has 1 N–H and O–H groups in total. The molecule has 2 rings (SSSR count). The van der Waals surface area contributed by atoms with Crippen LogP contribution in [-0.2, 0) is 19.4 Å². The molecule has 1 atom stereocenters. The van der Waals surface area contributed by atoms with Gasteiger partial charge >= 0.3 is 0 Å². The fourth-order valence-electron chi connectivity index (χ4n) is 3.04. The number of rotatable bonds is 3. The summed E-state index contributed by atoms with van der Waals surface area (Å²) in [5.74, 6) is 0.430. The van der Waals surface area contributed by atoms with Gasteiger partial charge in [0, 0.05) is 19.0 Å². The molecule has 0 radical (unpaired) electrons. The molecule has 0 bridgehead atoms. The highest BCUT2D eigenvalue weighted by Gasteiger charge is 2.36. The maximum atomic E-state index is 12.6. The van der Waals surface area contributed by atoms with Crippen LogP contribution in [0, 0.1) is 5.92 Å². The number of amides is 2. The maximum Gasteiger partial charge on any atom is 0.245 e. The van der Waals surface area contributed by atoms with Gasteiger partial charge in [-0.15, -0.1) is 0 Å². The second-order valence-electron chi connectivity index (χ2n) is 6.41. The molecule has 2 heterocycles. The summed E-state index contributed by atoms with van der Waals surface area (Å²) in [7, 11) is -2.94. The zero-order chi connectivity index (χ0) is 15.6. The predicted octanol–water partition coefficient (Wildman–Crippen LogP) is 0.327. The van der Waals surface area contributed by atoms with Gasteiger partial charge in [0.2, 0.25) is 11.8 Å². The van der Waals surface area contributed by atoms with Gasteiger partial charge in [-0.2, -0.15) is 0 Å². The summed E-state index contributed by atoms with van der Waals surface area (Å²) in [4.78, 5) is 26.2. The first-order chi connectivity index (χ1) is 9.78. The average molecular weight is 316 g/mol. The molecule has 0 spiro atoms. The maximum absolute atomic E-state index is 12.6. The molecule has 6 nitrogen and oxygen atoms in total. The van der Waals surface area contributed by atoms with Gasteiger partial charge in [0.25, 0.3) is 0 Å². The summed E-state index contributed by atoms with van der Waals surface area (Å²) in [6.07, 6.45) is 1.88. The Bertz CT molecular complexity index is 501. The molecule has 120 valence electrons. The molecule has 1 unspecified atom stereocenters. The van der Waals surface area contributed by atoms with E-state index in [0.29, 0.717) is 38.1 Å². The van der Waals surface area contributed by atoms with Gasteiger partial charge in [0.15, 0.2) is 0 Å². The Labute approximate surface area is 126 Å². The first-order valence-electron chi connectivity index (χ1n) is 7.59. The first kappa shape index (κ1) is 16.3. The zero-order valence-electron chi connectivity index (χ0n) is 12.7. The molecule has 0 saturated carbocycles. The number of nitrogens with one attached hydrogen (secondary N) is 1. The number of nitrogens with zero attached hydrogens (tertiary/aromatic N) is 1. The second-order valence-corrected chi connectivity index (χ2v) is 8.72. The van der Waals surface area contributed by atoms with Gasteiger partial charge < -0.3 is 10.2 Å². The summed E-state index contributed by atoms with van der Waals surface area (Å²) in [5.41, 5.74) is 0. The van der Waals surface area contributed by atoms with E-state index in [-0.39, 0.29) is 29.4 Å². The van der Waals surface area contributed by atoms with Crippen molar-refractivity contribution in [2.24, 2.45) is 5.92 Å². The first-order valence-corrected chi connectivity index (χ1v) is 9.41. The molecule has 0 aromatic carbocycles. The molecule has 2 aliphatic heterocycles. The van der Waals surface area contributed by atoms with Crippen LogP contribution in [0.1, 0.15) is 39.5 Å². The van der Waals surface area contributed by atoms with Crippen molar-refractivity contribution < 1.29 is 18.0 Å². The lowest BCUT2D eigenvalue weighted by molar-refractivity contribution is -0.136. The van der Waals surface area contributed by atoms with Crippen LogP contribution in [0.25, 0.3) is 0 Å². The third kappa shape index (κ3) is 4.18. The summed E-state index contributed by atoms with van der Waals surface area (Å²) in [6, 6.07) is -0.526. The zero-order valence-corrected chi connectivity index (χ0v) is 13.5. The van der Waals surface area contributed by atoms with E-state index in [4.69, 9.17) is 0 Å². The SMILES string of the molecule is CC(C)CC1NC(=O)CCN(C2CCS(=O)(=O)CC2)C1=O. The van der Waals surface area contributed by atoms with Gasteiger partial charge in [-0.05, 0) is 25.2 Å². The van der Waals surface area contributed by atoms with Crippen LogP contribution < -0.4 is 5.32 Å². The molecule has 2 saturated heterocycles. The van der Waals surface area contributed by atoms with E-state index in [2.05, 4.69) is 5.32 Å². The van der Waals surface area contributed by atoms with Crippen LogP contribution in [0.4, 0.5) is 0 Å². The van der Waals surface area contributed by atoms with E-state index >= 15 is 0 Å². The van der Waals surface area contributed by atoms with E-state index < -0.39 is 15.9 Å². The number of sulfone groups is 1. The van der Waals surface area contributed by atoms with Crippen molar-refractivity contribution in [1.29, 1.82) is 0 Å². The van der Waals surface area contributed by atoms with Crippen molar-refractivity contribution in [3.63, 3.8) is 0 Å². The highest BCUT2D eigenvalue weighted by molar-refractivity contribution is 7.91. The molecule has 0 aromatic heterocycles. The minimum absolute atomic E-state index is 0.0524. The standard InChI is InChI=1S/C14H24N2O4S/c1-10(2)9-12-14(18)16(6-3-13(17)15-12)11-4-7-21(19,20)8-5-11/h10-12H,3-9H2,1-2H3,(H,15,17). The molecule has 0 aliphatic carbocycles. The molecule has 2 fully saturated rings. The number of hydrogen-bond donors (Lipinski definition) is 1. The van der Waals surface area contributed by atoms with E-state index in [1.807, 2.05) is 13.8 Å². The third-order valence-corrected chi connectivity index (χ3v) is 5.88. The highest BCUT2D eigenvalue weighted by atomic mass is 32.2. The third-order valence-electron chi connectivity index (χ3n) is 4.17. The Morgan fingerprint density at radius 3 is 2.43 bits per heavy atom. The molecule has 21 heavy (non-hydrogen) atoms. The molecule has 0 aromatic rings. The molecular weight excluding hydrogens is 292 g/mol. The van der Waals surface area contributed by atoms with Gasteiger partial charge in [0.05, 0.1) is 11.5 Å². The summed E-state index contributed by atoms with van der Waals surface area (Å²) in [6.45, 7) is 4.42. The smallest absolute Gasteiger partial charge is 0.245 e. The summed E-state index contributed by atoms with van der Waals surface area (Å²) < 4.78 is 23.0. The number of carbonyl (C=O) groups is 2. The van der Waals surface area contributed by atoms with Crippen LogP contribution in [0.15, 0.2) is 0 Å².